The third kappa shape index (κ3) is 7.06. The summed E-state index contributed by atoms with van der Waals surface area (Å²) in [6, 6.07) is 12.5. The van der Waals surface area contributed by atoms with Gasteiger partial charge in [0.1, 0.15) is 41.6 Å². The van der Waals surface area contributed by atoms with E-state index < -0.39 is 17.2 Å². The summed E-state index contributed by atoms with van der Waals surface area (Å²) < 4.78 is 48.3. The molecule has 3 unspecified atom stereocenters. The quantitative estimate of drug-likeness (QED) is 0.0832. The van der Waals surface area contributed by atoms with Crippen LogP contribution in [0.4, 0.5) is 0 Å². The molecule has 0 N–H and O–H groups in total. The van der Waals surface area contributed by atoms with Crippen molar-refractivity contribution < 1.29 is 37.3 Å². The number of furan rings is 1. The molecule has 9 nitrogen and oxygen atoms in total. The van der Waals surface area contributed by atoms with Crippen molar-refractivity contribution in [2.75, 3.05) is 13.2 Å². The predicted molar refractivity (Wildman–Crippen MR) is 187 cm³/mol. The van der Waals surface area contributed by atoms with E-state index in [1.54, 1.807) is 18.4 Å². The number of hydrogen-bond acceptors (Lipinski definition) is 9. The fourth-order valence-electron chi connectivity index (χ4n) is 6.56. The third-order valence-corrected chi connectivity index (χ3v) is 9.62. The number of epoxide rings is 1. The summed E-state index contributed by atoms with van der Waals surface area (Å²) in [5.74, 6) is 0.708. The molecule has 0 radical (unpaired) electrons. The van der Waals surface area contributed by atoms with Crippen LogP contribution in [0.5, 0.6) is 17.2 Å². The Bertz CT molecular complexity index is 2010. The topological polar surface area (TPSA) is 102 Å². The zero-order chi connectivity index (χ0) is 34.4. The van der Waals surface area contributed by atoms with Crippen molar-refractivity contribution in [2.24, 2.45) is 0 Å². The largest absolute Gasteiger partial charge is 0.489 e. The van der Waals surface area contributed by atoms with Crippen LogP contribution in [0.15, 0.2) is 91.7 Å². The van der Waals surface area contributed by atoms with Gasteiger partial charge in [-0.2, -0.15) is 0 Å². The molecule has 0 saturated carbocycles. The zero-order valence-electron chi connectivity index (χ0n) is 29.0. The van der Waals surface area contributed by atoms with Gasteiger partial charge in [0.2, 0.25) is 0 Å². The lowest BCUT2D eigenvalue weighted by Gasteiger charge is -2.30. The lowest BCUT2D eigenvalue weighted by Crippen LogP contribution is -2.38. The second kappa shape index (κ2) is 12.9. The highest BCUT2D eigenvalue weighted by molar-refractivity contribution is 6.01. The predicted octanol–water partition coefficient (Wildman–Crippen LogP) is 8.88. The summed E-state index contributed by atoms with van der Waals surface area (Å²) in [5.41, 5.74) is 3.33. The van der Waals surface area contributed by atoms with Gasteiger partial charge < -0.3 is 37.3 Å². The fourth-order valence-corrected chi connectivity index (χ4v) is 6.56. The number of hydrogen-bond donors (Lipinski definition) is 0. The summed E-state index contributed by atoms with van der Waals surface area (Å²) in [6.45, 7) is 13.4. The average Bonchev–Trinajstić information content (AvgIpc) is 3.31. The normalized spacial score (nSPS) is 24.0. The van der Waals surface area contributed by atoms with Crippen LogP contribution < -0.4 is 19.8 Å². The summed E-state index contributed by atoms with van der Waals surface area (Å²) >= 11 is 0. The van der Waals surface area contributed by atoms with Crippen molar-refractivity contribution in [1.82, 2.24) is 0 Å². The summed E-state index contributed by atoms with van der Waals surface area (Å²) in [7, 11) is 0. The molecule has 4 aromatic rings. The van der Waals surface area contributed by atoms with Crippen LogP contribution in [0.25, 0.3) is 28.0 Å². The molecule has 0 aliphatic carbocycles. The molecule has 3 aliphatic rings. The minimum Gasteiger partial charge on any atom is -0.489 e. The van der Waals surface area contributed by atoms with Gasteiger partial charge in [-0.1, -0.05) is 17.2 Å². The molecule has 3 aliphatic heterocycles. The van der Waals surface area contributed by atoms with Gasteiger partial charge in [0, 0.05) is 18.2 Å². The van der Waals surface area contributed by atoms with E-state index in [-0.39, 0.29) is 11.7 Å². The molecule has 9 heteroatoms. The summed E-state index contributed by atoms with van der Waals surface area (Å²) in [4.78, 5) is 11.8. The van der Waals surface area contributed by atoms with E-state index in [0.717, 1.165) is 53.3 Å². The molecule has 0 bridgehead atoms. The molecule has 2 aromatic carbocycles. The molecular weight excluding hydrogens is 624 g/mol. The minimum atomic E-state index is -1.31. The molecule has 0 amide bonds. The third-order valence-electron chi connectivity index (χ3n) is 9.62. The van der Waals surface area contributed by atoms with Gasteiger partial charge in [0.25, 0.3) is 0 Å². The molecule has 2 fully saturated rings. The van der Waals surface area contributed by atoms with Crippen molar-refractivity contribution in [3.63, 3.8) is 0 Å². The van der Waals surface area contributed by atoms with Crippen molar-refractivity contribution in [1.29, 1.82) is 0 Å². The van der Waals surface area contributed by atoms with E-state index >= 15 is 0 Å². The van der Waals surface area contributed by atoms with E-state index in [1.165, 1.54) is 11.6 Å². The first-order valence-corrected chi connectivity index (χ1v) is 17.0. The molecule has 2 saturated heterocycles. The highest BCUT2D eigenvalue weighted by Crippen LogP contribution is 2.46. The average molecular weight is 669 g/mol. The first kappa shape index (κ1) is 33.2. The smallest absolute Gasteiger partial charge is 0.350 e. The van der Waals surface area contributed by atoms with Crippen LogP contribution in [0.3, 0.4) is 0 Å². The molecule has 5 heterocycles. The van der Waals surface area contributed by atoms with Gasteiger partial charge in [-0.25, -0.2) is 4.79 Å². The Labute approximate surface area is 286 Å². The van der Waals surface area contributed by atoms with Gasteiger partial charge in [0.15, 0.2) is 0 Å². The maximum absolute atomic E-state index is 11.8. The Morgan fingerprint density at radius 2 is 1.53 bits per heavy atom. The first-order valence-electron chi connectivity index (χ1n) is 17.0. The maximum atomic E-state index is 11.8. The Kier molecular flexibility index (Phi) is 8.71. The van der Waals surface area contributed by atoms with Gasteiger partial charge in [-0.3, -0.25) is 0 Å². The Morgan fingerprint density at radius 3 is 2.27 bits per heavy atom. The van der Waals surface area contributed by atoms with Crippen molar-refractivity contribution in [3.05, 3.63) is 94.1 Å². The van der Waals surface area contributed by atoms with Crippen LogP contribution >= 0.6 is 0 Å². The number of ether oxygens (including phenoxy) is 6. The van der Waals surface area contributed by atoms with Crippen LogP contribution in [0, 0.1) is 0 Å². The first-order chi connectivity index (χ1) is 23.4. The molecular formula is C40H44O9. The Balaban J connectivity index is 0.947. The SMILES string of the molecule is CC(=CCOc1cccc2c1C=CC1(O2)OC(CCC(C)=CCOc2c3ccoc3cc3oc(=O)ccc23)C(C)(C)O1)CCC1OC1(C)C. The Morgan fingerprint density at radius 1 is 0.837 bits per heavy atom. The number of benzene rings is 2. The summed E-state index contributed by atoms with van der Waals surface area (Å²) in [5, 5.41) is 1.54. The zero-order valence-corrected chi connectivity index (χ0v) is 29.0. The van der Waals surface area contributed by atoms with Gasteiger partial charge in [-0.05, 0) is 110 Å². The van der Waals surface area contributed by atoms with E-state index in [9.17, 15) is 4.79 Å². The molecule has 3 atom stereocenters. The lowest BCUT2D eigenvalue weighted by molar-refractivity contribution is -0.270. The standard InChI is InChI=1S/C40H44O9/c1-25(10-13-34-38(3,4)47-34)17-21-42-30-8-7-9-31-27(30)16-20-40(46-31)48-35(39(5,6)49-40)14-11-26(2)18-22-44-37-28-12-15-36(41)45-33(28)24-32-29(37)19-23-43-32/h7-9,12,15-20,23-24,34-35H,10-11,13-14,21-22H2,1-6H3. The molecule has 49 heavy (non-hydrogen) atoms. The number of fused-ring (bicyclic) bond motifs is 3. The van der Waals surface area contributed by atoms with Gasteiger partial charge in [-0.15, -0.1) is 0 Å². The highest BCUT2D eigenvalue weighted by atomic mass is 16.9. The van der Waals surface area contributed by atoms with E-state index in [0.29, 0.717) is 42.0 Å². The fraction of sp³-hybridized carbons (Fsp3) is 0.425. The van der Waals surface area contributed by atoms with E-state index in [2.05, 4.69) is 39.8 Å². The van der Waals surface area contributed by atoms with Gasteiger partial charge >= 0.3 is 11.6 Å². The number of allylic oxidation sites excluding steroid dienone is 2. The number of rotatable bonds is 12. The second-order valence-electron chi connectivity index (χ2n) is 14.2. The monoisotopic (exact) mass is 668 g/mol. The second-order valence-corrected chi connectivity index (χ2v) is 14.2. The van der Waals surface area contributed by atoms with Crippen molar-refractivity contribution in [3.8, 4) is 17.2 Å². The molecule has 2 aromatic heterocycles. The van der Waals surface area contributed by atoms with Crippen LogP contribution in [0.1, 0.15) is 72.8 Å². The summed E-state index contributed by atoms with van der Waals surface area (Å²) in [6.07, 6.45) is 13.2. The molecule has 258 valence electrons. The molecule has 1 spiro atoms. The lowest BCUT2D eigenvalue weighted by atomic mass is 9.96. The van der Waals surface area contributed by atoms with E-state index in [4.69, 9.17) is 37.3 Å². The molecule has 7 rings (SSSR count). The van der Waals surface area contributed by atoms with Crippen molar-refractivity contribution in [2.45, 2.75) is 96.6 Å². The van der Waals surface area contributed by atoms with Gasteiger partial charge in [0.05, 0.1) is 46.0 Å². The van der Waals surface area contributed by atoms with Crippen LogP contribution in [-0.2, 0) is 14.2 Å². The van der Waals surface area contributed by atoms with E-state index in [1.807, 2.05) is 50.3 Å². The Hall–Kier alpha value is -4.31. The highest BCUT2D eigenvalue weighted by Gasteiger charge is 2.54. The van der Waals surface area contributed by atoms with Crippen LogP contribution in [0.2, 0.25) is 0 Å². The minimum absolute atomic E-state index is 0.0230. The van der Waals surface area contributed by atoms with Crippen LogP contribution in [-0.4, -0.2) is 42.6 Å². The van der Waals surface area contributed by atoms with Crippen molar-refractivity contribution >= 4 is 28.0 Å². The maximum Gasteiger partial charge on any atom is 0.350 e.